The highest BCUT2D eigenvalue weighted by Crippen LogP contribution is 2.18. The van der Waals surface area contributed by atoms with Crippen molar-refractivity contribution < 1.29 is 24.5 Å². The number of hydrogen-bond acceptors (Lipinski definition) is 5. The van der Waals surface area contributed by atoms with Gasteiger partial charge in [-0.3, -0.25) is 9.59 Å². The predicted octanol–water partition coefficient (Wildman–Crippen LogP) is 22.3. The zero-order valence-electron chi connectivity index (χ0n) is 52.0. The van der Waals surface area contributed by atoms with E-state index < -0.39 is 12.1 Å². The number of rotatable bonds is 65. The number of aliphatic hydroxyl groups excluding tert-OH is 2. The number of ether oxygens (including phenoxy) is 1. The molecule has 0 bridgehead atoms. The Kier molecular flexibility index (Phi) is 64.9. The topological polar surface area (TPSA) is 95.9 Å². The van der Waals surface area contributed by atoms with Crippen LogP contribution in [0.5, 0.6) is 0 Å². The minimum Gasteiger partial charge on any atom is -0.466 e. The van der Waals surface area contributed by atoms with Crippen LogP contribution in [0.2, 0.25) is 0 Å². The summed E-state index contributed by atoms with van der Waals surface area (Å²) < 4.78 is 5.49. The quantitative estimate of drug-likeness (QED) is 0.0320. The number of esters is 1. The first-order valence-electron chi connectivity index (χ1n) is 34.7. The summed E-state index contributed by atoms with van der Waals surface area (Å²) in [6.07, 6.45) is 85.0. The second kappa shape index (κ2) is 66.6. The van der Waals surface area contributed by atoms with Crippen molar-refractivity contribution in [1.29, 1.82) is 0 Å². The van der Waals surface area contributed by atoms with E-state index in [-0.39, 0.29) is 18.5 Å². The summed E-state index contributed by atoms with van der Waals surface area (Å²) in [6, 6.07) is -0.537. The molecule has 1 amide bonds. The molecule has 0 aromatic heterocycles. The molecule has 454 valence electrons. The number of aliphatic hydroxyl groups is 2. The Balaban J connectivity index is 3.34. The van der Waals surface area contributed by atoms with Crippen molar-refractivity contribution >= 4 is 11.9 Å². The highest BCUT2D eigenvalue weighted by molar-refractivity contribution is 5.76. The lowest BCUT2D eigenvalue weighted by Crippen LogP contribution is -2.45. The first-order valence-corrected chi connectivity index (χ1v) is 34.7. The number of unbranched alkanes of at least 4 members (excludes halogenated alkanes) is 48. The Bertz CT molecular complexity index is 1250. The fourth-order valence-electron chi connectivity index (χ4n) is 10.8. The van der Waals surface area contributed by atoms with Gasteiger partial charge in [0.05, 0.1) is 25.4 Å². The lowest BCUT2D eigenvalue weighted by atomic mass is 10.0. The minimum atomic E-state index is -0.660. The first-order chi connectivity index (χ1) is 38.0. The fourth-order valence-corrected chi connectivity index (χ4v) is 10.8. The molecular weight excluding hydrogens is 947 g/mol. The van der Waals surface area contributed by atoms with Crippen LogP contribution in [-0.2, 0) is 14.3 Å². The Morgan fingerprint density at radius 2 is 0.649 bits per heavy atom. The molecule has 0 radical (unpaired) electrons. The predicted molar refractivity (Wildman–Crippen MR) is 338 cm³/mol. The van der Waals surface area contributed by atoms with Gasteiger partial charge in [0.2, 0.25) is 5.91 Å². The lowest BCUT2D eigenvalue weighted by molar-refractivity contribution is -0.143. The third kappa shape index (κ3) is 63.1. The van der Waals surface area contributed by atoms with Crippen molar-refractivity contribution in [2.75, 3.05) is 13.2 Å². The highest BCUT2D eigenvalue weighted by atomic mass is 16.5. The second-order valence-corrected chi connectivity index (χ2v) is 23.9. The third-order valence-electron chi connectivity index (χ3n) is 16.2. The molecule has 0 aliphatic heterocycles. The zero-order chi connectivity index (χ0) is 55.7. The van der Waals surface area contributed by atoms with Crippen molar-refractivity contribution in [3.8, 4) is 0 Å². The van der Waals surface area contributed by atoms with Gasteiger partial charge < -0.3 is 20.3 Å². The van der Waals surface area contributed by atoms with Crippen LogP contribution in [0, 0.1) is 0 Å². The molecule has 0 spiro atoms. The molecule has 0 aromatic rings. The first kappa shape index (κ1) is 75.1. The molecule has 6 heteroatoms. The number of carbonyl (C=O) groups excluding carboxylic acids is 2. The van der Waals surface area contributed by atoms with Gasteiger partial charge >= 0.3 is 5.97 Å². The van der Waals surface area contributed by atoms with Gasteiger partial charge in [-0.05, 0) is 83.5 Å². The molecule has 0 aliphatic carbocycles. The Labute approximate surface area is 481 Å². The minimum absolute atomic E-state index is 0.00959. The number of carbonyl (C=O) groups is 2. The average molecular weight is 1080 g/mol. The van der Waals surface area contributed by atoms with E-state index in [4.69, 9.17) is 4.74 Å². The number of nitrogens with one attached hydrogen (secondary N) is 1. The van der Waals surface area contributed by atoms with Crippen LogP contribution in [0.1, 0.15) is 380 Å². The SMILES string of the molecule is CCCCCCCCC/C=C\CCCCCCCC(=O)OCCCCCCCCCCCCC/C=C\C/C=C\CCCCCCCCCCCCCCCCCCCC(=O)NC(CO)C(O)CCCCCCCCCCC. The van der Waals surface area contributed by atoms with E-state index in [1.54, 1.807) is 0 Å². The molecule has 0 saturated heterocycles. The highest BCUT2D eigenvalue weighted by Gasteiger charge is 2.20. The van der Waals surface area contributed by atoms with Gasteiger partial charge in [0, 0.05) is 12.8 Å². The summed E-state index contributed by atoms with van der Waals surface area (Å²) in [6.45, 7) is 4.95. The zero-order valence-corrected chi connectivity index (χ0v) is 52.0. The van der Waals surface area contributed by atoms with Crippen LogP contribution in [-0.4, -0.2) is 47.4 Å². The monoisotopic (exact) mass is 1080 g/mol. The molecule has 77 heavy (non-hydrogen) atoms. The van der Waals surface area contributed by atoms with E-state index in [0.29, 0.717) is 25.9 Å². The maximum Gasteiger partial charge on any atom is 0.305 e. The molecule has 0 aliphatic rings. The summed E-state index contributed by atoms with van der Waals surface area (Å²) in [4.78, 5) is 24.5. The standard InChI is InChI=1S/C71H135NO5/c1-3-5-7-9-11-13-14-15-16-39-42-45-49-53-57-61-65-71(76)77-66-62-58-54-50-46-43-40-37-35-33-31-29-27-25-23-21-19-17-18-20-22-24-26-28-30-32-34-36-38-41-44-48-52-56-60-64-70(75)72-68(67-73)69(74)63-59-55-51-47-12-10-8-6-4-2/h16,19,21,25,27,39,68-69,73-74H,3-15,17-18,20,22-24,26,28-38,40-67H2,1-2H3,(H,72,75)/b21-19-,27-25-,39-16-. The molecule has 0 saturated carbocycles. The van der Waals surface area contributed by atoms with Gasteiger partial charge in [-0.15, -0.1) is 0 Å². The molecule has 0 fully saturated rings. The molecule has 2 atom stereocenters. The summed E-state index contributed by atoms with van der Waals surface area (Å²) in [5.74, 6) is -0.0242. The van der Waals surface area contributed by atoms with Crippen molar-refractivity contribution in [1.82, 2.24) is 5.32 Å². The molecule has 0 aromatic carbocycles. The third-order valence-corrected chi connectivity index (χ3v) is 16.2. The largest absolute Gasteiger partial charge is 0.466 e. The Morgan fingerprint density at radius 3 is 1.00 bits per heavy atom. The van der Waals surface area contributed by atoms with Crippen molar-refractivity contribution in [3.63, 3.8) is 0 Å². The normalized spacial score (nSPS) is 12.7. The van der Waals surface area contributed by atoms with Crippen LogP contribution in [0.4, 0.5) is 0 Å². The van der Waals surface area contributed by atoms with Crippen LogP contribution in [0.3, 0.4) is 0 Å². The van der Waals surface area contributed by atoms with Gasteiger partial charge in [0.25, 0.3) is 0 Å². The summed E-state index contributed by atoms with van der Waals surface area (Å²) in [5.41, 5.74) is 0. The van der Waals surface area contributed by atoms with Gasteiger partial charge in [0.15, 0.2) is 0 Å². The van der Waals surface area contributed by atoms with Gasteiger partial charge in [0.1, 0.15) is 0 Å². The van der Waals surface area contributed by atoms with E-state index in [1.807, 2.05) is 0 Å². The van der Waals surface area contributed by atoms with E-state index in [0.717, 1.165) is 51.4 Å². The van der Waals surface area contributed by atoms with Crippen LogP contribution in [0.15, 0.2) is 36.5 Å². The number of hydrogen-bond donors (Lipinski definition) is 3. The summed E-state index contributed by atoms with van der Waals surface area (Å²) in [5, 5.41) is 23.1. The van der Waals surface area contributed by atoms with E-state index in [9.17, 15) is 19.8 Å². The maximum atomic E-state index is 12.4. The van der Waals surface area contributed by atoms with Gasteiger partial charge in [-0.2, -0.15) is 0 Å². The van der Waals surface area contributed by atoms with Crippen LogP contribution < -0.4 is 5.32 Å². The molecule has 0 heterocycles. The van der Waals surface area contributed by atoms with Gasteiger partial charge in [-0.1, -0.05) is 320 Å². The van der Waals surface area contributed by atoms with Crippen LogP contribution >= 0.6 is 0 Å². The maximum absolute atomic E-state index is 12.4. The molecule has 2 unspecified atom stereocenters. The number of amides is 1. The lowest BCUT2D eigenvalue weighted by Gasteiger charge is -2.22. The molecule has 0 rings (SSSR count). The van der Waals surface area contributed by atoms with Crippen molar-refractivity contribution in [2.45, 2.75) is 392 Å². The smallest absolute Gasteiger partial charge is 0.305 e. The summed E-state index contributed by atoms with van der Waals surface area (Å²) >= 11 is 0. The van der Waals surface area contributed by atoms with Crippen LogP contribution in [0.25, 0.3) is 0 Å². The fraction of sp³-hybridized carbons (Fsp3) is 0.887. The van der Waals surface area contributed by atoms with E-state index in [2.05, 4.69) is 55.6 Å². The average Bonchev–Trinajstić information content (AvgIpc) is 3.43. The Morgan fingerprint density at radius 1 is 0.364 bits per heavy atom. The van der Waals surface area contributed by atoms with E-state index in [1.165, 1.54) is 295 Å². The number of allylic oxidation sites excluding steroid dienone is 6. The molecule has 6 nitrogen and oxygen atoms in total. The molecular formula is C71H135NO5. The molecule has 3 N–H and O–H groups in total. The van der Waals surface area contributed by atoms with Gasteiger partial charge in [-0.25, -0.2) is 0 Å². The van der Waals surface area contributed by atoms with Crippen molar-refractivity contribution in [3.05, 3.63) is 36.5 Å². The van der Waals surface area contributed by atoms with E-state index >= 15 is 0 Å². The second-order valence-electron chi connectivity index (χ2n) is 23.9. The Hall–Kier alpha value is -1.92. The van der Waals surface area contributed by atoms with Crippen molar-refractivity contribution in [2.24, 2.45) is 0 Å². The summed E-state index contributed by atoms with van der Waals surface area (Å²) in [7, 11) is 0.